The summed E-state index contributed by atoms with van der Waals surface area (Å²) in [4.78, 5) is 25.5. The second-order valence-electron chi connectivity index (χ2n) is 7.50. The second kappa shape index (κ2) is 10.7. The number of hydrogen-bond acceptors (Lipinski definition) is 6. The van der Waals surface area contributed by atoms with Gasteiger partial charge in [-0.2, -0.15) is 0 Å². The lowest BCUT2D eigenvalue weighted by atomic mass is 10.1. The van der Waals surface area contributed by atoms with E-state index in [1.165, 1.54) is 38.9 Å². The van der Waals surface area contributed by atoms with Crippen LogP contribution in [0.15, 0.2) is 44.4 Å². The van der Waals surface area contributed by atoms with Gasteiger partial charge in [-0.3, -0.25) is 4.79 Å². The Balaban J connectivity index is 1.97. The molecule has 1 unspecified atom stereocenters. The molecule has 0 saturated carbocycles. The summed E-state index contributed by atoms with van der Waals surface area (Å²) in [7, 11) is 1.28. The summed E-state index contributed by atoms with van der Waals surface area (Å²) < 4.78 is 28.8. The Bertz CT molecular complexity index is 1120. The first-order chi connectivity index (χ1) is 15.0. The van der Waals surface area contributed by atoms with Crippen LogP contribution in [0.3, 0.4) is 0 Å². The molecule has 1 atom stereocenters. The van der Waals surface area contributed by atoms with Gasteiger partial charge in [-0.1, -0.05) is 39.0 Å². The molecular formula is C24H28O6S. The maximum atomic E-state index is 13.2. The van der Waals surface area contributed by atoms with Crippen LogP contribution in [0.25, 0.3) is 21.9 Å². The average Bonchev–Trinajstić information content (AvgIpc) is 2.77. The molecule has 0 amide bonds. The van der Waals surface area contributed by atoms with E-state index in [1.807, 2.05) is 0 Å². The number of methoxy groups -OCH3 is 1. The van der Waals surface area contributed by atoms with Crippen molar-refractivity contribution in [3.63, 3.8) is 0 Å². The van der Waals surface area contributed by atoms with E-state index in [2.05, 4.69) is 6.92 Å². The molecule has 0 bridgehead atoms. The van der Waals surface area contributed by atoms with Crippen molar-refractivity contribution in [2.75, 3.05) is 20.0 Å². The first-order valence-electron chi connectivity index (χ1n) is 10.6. The molecule has 3 rings (SSSR count). The normalized spacial score (nSPS) is 12.3. The highest BCUT2D eigenvalue weighted by Crippen LogP contribution is 2.31. The minimum Gasteiger partial charge on any atom is -0.612 e. The molecule has 6 nitrogen and oxygen atoms in total. The predicted octanol–water partition coefficient (Wildman–Crippen LogP) is 5.21. The standard InChI is InChI=1S/C24H28O6S/c1-4-5-6-7-8-9-12-29-21-15-17(31(3)27)14-19-22(25)18-13-16(24(26)28-2)10-11-20(18)30-23(19)21/h10-11,13-15H,4-9,12H2,1-3H3. The van der Waals surface area contributed by atoms with Crippen LogP contribution in [-0.2, 0) is 15.9 Å². The number of benzene rings is 2. The van der Waals surface area contributed by atoms with Crippen LogP contribution in [-0.4, -0.2) is 30.5 Å². The first kappa shape index (κ1) is 23.2. The van der Waals surface area contributed by atoms with E-state index in [0.29, 0.717) is 28.4 Å². The largest absolute Gasteiger partial charge is 0.612 e. The summed E-state index contributed by atoms with van der Waals surface area (Å²) in [6.07, 6.45) is 8.35. The lowest BCUT2D eigenvalue weighted by molar-refractivity contribution is 0.0601. The lowest BCUT2D eigenvalue weighted by Crippen LogP contribution is -2.09. The van der Waals surface area contributed by atoms with Gasteiger partial charge < -0.3 is 18.4 Å². The summed E-state index contributed by atoms with van der Waals surface area (Å²) in [5, 5.41) is 0.538. The number of carbonyl (C=O) groups excluding carboxylic acids is 1. The molecule has 0 aliphatic carbocycles. The van der Waals surface area contributed by atoms with E-state index in [0.717, 1.165) is 12.8 Å². The van der Waals surface area contributed by atoms with Crippen molar-refractivity contribution in [3.8, 4) is 5.75 Å². The highest BCUT2D eigenvalue weighted by atomic mass is 32.2. The predicted molar refractivity (Wildman–Crippen MR) is 123 cm³/mol. The molecule has 0 saturated heterocycles. The number of carbonyl (C=O) groups is 1. The Kier molecular flexibility index (Phi) is 7.98. The summed E-state index contributed by atoms with van der Waals surface area (Å²) in [6, 6.07) is 7.83. The number of fused-ring (bicyclic) bond motifs is 2. The quantitative estimate of drug-likeness (QED) is 0.185. The molecule has 7 heteroatoms. The number of hydrogen-bond donors (Lipinski definition) is 0. The summed E-state index contributed by atoms with van der Waals surface area (Å²) in [5.41, 5.74) is 0.624. The molecule has 0 N–H and O–H groups in total. The van der Waals surface area contributed by atoms with Gasteiger partial charge in [0.2, 0.25) is 5.43 Å². The average molecular weight is 445 g/mol. The van der Waals surface area contributed by atoms with Crippen molar-refractivity contribution in [1.29, 1.82) is 0 Å². The van der Waals surface area contributed by atoms with Crippen LogP contribution < -0.4 is 10.2 Å². The van der Waals surface area contributed by atoms with Gasteiger partial charge in [-0.25, -0.2) is 4.79 Å². The van der Waals surface area contributed by atoms with Gasteiger partial charge in [0, 0.05) is 12.1 Å². The SMILES string of the molecule is CCCCCCCCOc1cc([S+](C)[O-])cc2c(=O)c3cc(C(=O)OC)ccc3oc12. The van der Waals surface area contributed by atoms with Gasteiger partial charge in [0.1, 0.15) is 11.8 Å². The fourth-order valence-corrected chi connectivity index (χ4v) is 4.04. The van der Waals surface area contributed by atoms with Gasteiger partial charge in [0.15, 0.2) is 16.2 Å². The zero-order valence-corrected chi connectivity index (χ0v) is 19.0. The number of unbranched alkanes of at least 4 members (excludes halogenated alkanes) is 5. The van der Waals surface area contributed by atoms with Crippen LogP contribution >= 0.6 is 0 Å². The van der Waals surface area contributed by atoms with Crippen molar-refractivity contribution in [1.82, 2.24) is 0 Å². The van der Waals surface area contributed by atoms with Crippen molar-refractivity contribution in [2.24, 2.45) is 0 Å². The van der Waals surface area contributed by atoms with Gasteiger partial charge in [-0.15, -0.1) is 0 Å². The topological polar surface area (TPSA) is 88.8 Å². The van der Waals surface area contributed by atoms with Gasteiger partial charge in [0.25, 0.3) is 0 Å². The highest BCUT2D eigenvalue weighted by Gasteiger charge is 2.19. The third-order valence-corrected chi connectivity index (χ3v) is 6.12. The van der Waals surface area contributed by atoms with Gasteiger partial charge in [0.05, 0.1) is 30.1 Å². The Morgan fingerprint density at radius 1 is 1.06 bits per heavy atom. The van der Waals surface area contributed by atoms with Crippen LogP contribution in [0.1, 0.15) is 55.8 Å². The third kappa shape index (κ3) is 5.40. The Labute approximate surface area is 184 Å². The highest BCUT2D eigenvalue weighted by molar-refractivity contribution is 7.90. The molecule has 0 fully saturated rings. The summed E-state index contributed by atoms with van der Waals surface area (Å²) in [5.74, 6) is -0.125. The summed E-state index contributed by atoms with van der Waals surface area (Å²) >= 11 is -1.30. The number of esters is 1. The Morgan fingerprint density at radius 2 is 1.81 bits per heavy atom. The van der Waals surface area contributed by atoms with E-state index in [-0.39, 0.29) is 21.8 Å². The third-order valence-electron chi connectivity index (χ3n) is 5.22. The maximum absolute atomic E-state index is 13.2. The fourth-order valence-electron chi connectivity index (χ4n) is 3.48. The molecule has 0 aliphatic rings. The fraction of sp³-hybridized carbons (Fsp3) is 0.417. The molecule has 3 aromatic rings. The maximum Gasteiger partial charge on any atom is 0.337 e. The molecule has 31 heavy (non-hydrogen) atoms. The zero-order valence-electron chi connectivity index (χ0n) is 18.2. The number of rotatable bonds is 10. The molecule has 2 aromatic carbocycles. The summed E-state index contributed by atoms with van der Waals surface area (Å²) in [6.45, 7) is 2.68. The minimum absolute atomic E-state index is 0.260. The van der Waals surface area contributed by atoms with Gasteiger partial charge in [-0.05, 0) is 35.8 Å². The van der Waals surface area contributed by atoms with E-state index in [1.54, 1.807) is 30.5 Å². The van der Waals surface area contributed by atoms with Crippen LogP contribution in [0, 0.1) is 0 Å². The monoisotopic (exact) mass is 444 g/mol. The van der Waals surface area contributed by atoms with E-state index < -0.39 is 17.1 Å². The second-order valence-corrected chi connectivity index (χ2v) is 8.88. The van der Waals surface area contributed by atoms with E-state index in [9.17, 15) is 14.1 Å². The zero-order chi connectivity index (χ0) is 22.4. The van der Waals surface area contributed by atoms with Crippen LogP contribution in [0.5, 0.6) is 5.75 Å². The smallest absolute Gasteiger partial charge is 0.337 e. The Morgan fingerprint density at radius 3 is 2.52 bits per heavy atom. The van der Waals surface area contributed by atoms with Crippen molar-refractivity contribution in [2.45, 2.75) is 50.3 Å². The molecule has 1 heterocycles. The van der Waals surface area contributed by atoms with Crippen molar-refractivity contribution < 1.29 is 23.2 Å². The van der Waals surface area contributed by atoms with E-state index in [4.69, 9.17) is 13.9 Å². The minimum atomic E-state index is -1.30. The molecule has 1 aromatic heterocycles. The molecule has 0 spiro atoms. The van der Waals surface area contributed by atoms with E-state index >= 15 is 0 Å². The molecule has 0 aliphatic heterocycles. The molecule has 0 radical (unpaired) electrons. The number of ether oxygens (including phenoxy) is 2. The van der Waals surface area contributed by atoms with Gasteiger partial charge >= 0.3 is 5.97 Å². The van der Waals surface area contributed by atoms with Crippen molar-refractivity contribution >= 4 is 39.1 Å². The van der Waals surface area contributed by atoms with Crippen molar-refractivity contribution in [3.05, 3.63) is 46.1 Å². The lowest BCUT2D eigenvalue weighted by Gasteiger charge is -2.12. The molecular weight excluding hydrogens is 416 g/mol. The Hall–Kier alpha value is -2.51. The van der Waals surface area contributed by atoms with Crippen LogP contribution in [0.4, 0.5) is 0 Å². The molecule has 166 valence electrons. The first-order valence-corrected chi connectivity index (χ1v) is 12.1. The van der Waals surface area contributed by atoms with Crippen LogP contribution in [0.2, 0.25) is 0 Å².